The number of amides is 1. The molecule has 3 aromatic carbocycles. The molecule has 0 radical (unpaired) electrons. The van der Waals surface area contributed by atoms with Gasteiger partial charge in [-0.15, -0.1) is 0 Å². The molecule has 1 unspecified atom stereocenters. The Hall–Kier alpha value is -4.12. The van der Waals surface area contributed by atoms with E-state index >= 15 is 0 Å². The highest BCUT2D eigenvalue weighted by Gasteiger charge is 2.33. The normalized spacial score (nSPS) is 18.7. The minimum atomic E-state index is -0.248. The van der Waals surface area contributed by atoms with E-state index in [1.807, 2.05) is 97.9 Å². The Balaban J connectivity index is 1.61. The maximum absolute atomic E-state index is 13.5. The predicted octanol–water partition coefficient (Wildman–Crippen LogP) is 5.24. The van der Waals surface area contributed by atoms with E-state index in [0.717, 1.165) is 22.4 Å². The molecule has 1 atom stereocenters. The summed E-state index contributed by atoms with van der Waals surface area (Å²) >= 11 is 0. The Bertz CT molecular complexity index is 1260. The van der Waals surface area contributed by atoms with Gasteiger partial charge in [0.2, 0.25) is 0 Å². The van der Waals surface area contributed by atoms with E-state index < -0.39 is 0 Å². The maximum Gasteiger partial charge on any atom is 0.281 e. The van der Waals surface area contributed by atoms with Crippen LogP contribution < -0.4 is 14.5 Å². The van der Waals surface area contributed by atoms with Crippen LogP contribution in [0.3, 0.4) is 0 Å². The minimum Gasteiger partial charge on any atom is -0.493 e. The van der Waals surface area contributed by atoms with Crippen molar-refractivity contribution in [2.24, 2.45) is 5.10 Å². The van der Waals surface area contributed by atoms with E-state index in [-0.39, 0.29) is 12.0 Å². The second kappa shape index (κ2) is 8.19. The highest BCUT2D eigenvalue weighted by molar-refractivity contribution is 6.35. The molecule has 5 rings (SSSR count). The van der Waals surface area contributed by atoms with Gasteiger partial charge in [0.25, 0.3) is 5.91 Å². The SMILES string of the molecule is COc1cccc2c1OC(C)C(/C=C1\C(=O)N(c3ccccc3)N=C1c1ccccc1)=C2. The van der Waals surface area contributed by atoms with Crippen LogP contribution in [0.5, 0.6) is 11.5 Å². The predicted molar refractivity (Wildman–Crippen MR) is 126 cm³/mol. The summed E-state index contributed by atoms with van der Waals surface area (Å²) in [5, 5.41) is 6.16. The van der Waals surface area contributed by atoms with Gasteiger partial charge in [-0.25, -0.2) is 0 Å². The lowest BCUT2D eigenvalue weighted by Crippen LogP contribution is -2.23. The number of anilines is 1. The van der Waals surface area contributed by atoms with E-state index in [1.54, 1.807) is 7.11 Å². The highest BCUT2D eigenvalue weighted by Crippen LogP contribution is 2.38. The Morgan fingerprint density at radius 1 is 0.969 bits per heavy atom. The molecule has 5 nitrogen and oxygen atoms in total. The van der Waals surface area contributed by atoms with E-state index in [2.05, 4.69) is 0 Å². The topological polar surface area (TPSA) is 51.1 Å². The lowest BCUT2D eigenvalue weighted by Gasteiger charge is -2.24. The van der Waals surface area contributed by atoms with Gasteiger partial charge < -0.3 is 9.47 Å². The van der Waals surface area contributed by atoms with E-state index in [1.165, 1.54) is 5.01 Å². The molecule has 0 fully saturated rings. The zero-order chi connectivity index (χ0) is 22.1. The van der Waals surface area contributed by atoms with Crippen LogP contribution in [0, 0.1) is 0 Å². The quantitative estimate of drug-likeness (QED) is 0.541. The molecule has 0 N–H and O–H groups in total. The minimum absolute atomic E-state index is 0.167. The summed E-state index contributed by atoms with van der Waals surface area (Å²) in [5.74, 6) is 1.24. The Kier molecular flexibility index (Phi) is 5.07. The lowest BCUT2D eigenvalue weighted by molar-refractivity contribution is -0.114. The summed E-state index contributed by atoms with van der Waals surface area (Å²) in [6, 6.07) is 25.0. The third-order valence-electron chi connectivity index (χ3n) is 5.55. The number of hydrazone groups is 1. The molecule has 5 heteroatoms. The van der Waals surface area contributed by atoms with E-state index in [4.69, 9.17) is 14.6 Å². The third kappa shape index (κ3) is 3.48. The van der Waals surface area contributed by atoms with Crippen molar-refractivity contribution in [1.29, 1.82) is 0 Å². The first-order valence-corrected chi connectivity index (χ1v) is 10.5. The summed E-state index contributed by atoms with van der Waals surface area (Å²) in [5.41, 5.74) is 4.60. The summed E-state index contributed by atoms with van der Waals surface area (Å²) in [6.45, 7) is 1.96. The monoisotopic (exact) mass is 422 g/mol. The van der Waals surface area contributed by atoms with Gasteiger partial charge in [-0.05, 0) is 42.8 Å². The van der Waals surface area contributed by atoms with Gasteiger partial charge in [0.15, 0.2) is 11.5 Å². The van der Waals surface area contributed by atoms with Gasteiger partial charge in [-0.1, -0.05) is 60.7 Å². The van der Waals surface area contributed by atoms with Crippen molar-refractivity contribution >= 4 is 23.4 Å². The van der Waals surface area contributed by atoms with Crippen molar-refractivity contribution in [2.45, 2.75) is 13.0 Å². The Labute approximate surface area is 186 Å². The van der Waals surface area contributed by atoms with Gasteiger partial charge in [0.1, 0.15) is 11.8 Å². The maximum atomic E-state index is 13.5. The van der Waals surface area contributed by atoms with Gasteiger partial charge in [-0.2, -0.15) is 10.1 Å². The molecule has 0 saturated carbocycles. The fraction of sp³-hybridized carbons (Fsp3) is 0.111. The zero-order valence-corrected chi connectivity index (χ0v) is 17.9. The molecule has 0 aromatic heterocycles. The third-order valence-corrected chi connectivity index (χ3v) is 5.55. The number of carbonyl (C=O) groups is 1. The van der Waals surface area contributed by atoms with Crippen molar-refractivity contribution < 1.29 is 14.3 Å². The number of carbonyl (C=O) groups excluding carboxylic acids is 1. The van der Waals surface area contributed by atoms with Crippen molar-refractivity contribution in [3.05, 3.63) is 107 Å². The van der Waals surface area contributed by atoms with Gasteiger partial charge >= 0.3 is 0 Å². The van der Waals surface area contributed by atoms with Gasteiger partial charge in [0, 0.05) is 11.1 Å². The largest absolute Gasteiger partial charge is 0.493 e. The molecular weight excluding hydrogens is 400 g/mol. The lowest BCUT2D eigenvalue weighted by atomic mass is 9.96. The molecule has 0 aliphatic carbocycles. The fourth-order valence-corrected chi connectivity index (χ4v) is 3.90. The average molecular weight is 422 g/mol. The van der Waals surface area contributed by atoms with Crippen LogP contribution >= 0.6 is 0 Å². The number of hydrogen-bond donors (Lipinski definition) is 0. The number of ether oxygens (including phenoxy) is 2. The number of fused-ring (bicyclic) bond motifs is 1. The number of hydrogen-bond acceptors (Lipinski definition) is 4. The Morgan fingerprint density at radius 2 is 1.69 bits per heavy atom. The molecule has 2 aliphatic heterocycles. The first-order valence-electron chi connectivity index (χ1n) is 10.5. The van der Waals surface area contributed by atoms with Gasteiger partial charge in [0.05, 0.1) is 18.4 Å². The zero-order valence-electron chi connectivity index (χ0n) is 17.9. The fourth-order valence-electron chi connectivity index (χ4n) is 3.90. The van der Waals surface area contributed by atoms with Crippen LogP contribution in [-0.2, 0) is 4.79 Å². The number of nitrogens with zero attached hydrogens (tertiary/aromatic N) is 2. The number of para-hydroxylation sites is 2. The first-order chi connectivity index (χ1) is 15.7. The van der Waals surface area contributed by atoms with E-state index in [9.17, 15) is 4.79 Å². The standard InChI is InChI=1S/C27H22N2O3/c1-18-21(16-20-12-9-15-24(31-2)26(20)32-18)17-23-25(19-10-5-3-6-11-19)28-29(27(23)30)22-13-7-4-8-14-22/h3-18H,1-2H3/b23-17-. The van der Waals surface area contributed by atoms with Crippen LogP contribution in [-0.4, -0.2) is 24.8 Å². The van der Waals surface area contributed by atoms with Gasteiger partial charge in [-0.3, -0.25) is 4.79 Å². The molecule has 32 heavy (non-hydrogen) atoms. The van der Waals surface area contributed by atoms with Crippen LogP contribution in [0.25, 0.3) is 6.08 Å². The number of methoxy groups -OCH3 is 1. The molecule has 0 bridgehead atoms. The first kappa shape index (κ1) is 19.8. The molecule has 1 amide bonds. The highest BCUT2D eigenvalue weighted by atomic mass is 16.5. The number of rotatable bonds is 4. The number of benzene rings is 3. The van der Waals surface area contributed by atoms with Crippen molar-refractivity contribution in [2.75, 3.05) is 12.1 Å². The van der Waals surface area contributed by atoms with Crippen LogP contribution in [0.2, 0.25) is 0 Å². The van der Waals surface area contributed by atoms with Crippen LogP contribution in [0.4, 0.5) is 5.69 Å². The Morgan fingerprint density at radius 3 is 2.41 bits per heavy atom. The molecule has 2 aliphatic rings. The summed E-state index contributed by atoms with van der Waals surface area (Å²) in [4.78, 5) is 13.5. The summed E-state index contributed by atoms with van der Waals surface area (Å²) in [7, 11) is 1.63. The van der Waals surface area contributed by atoms with Crippen molar-refractivity contribution in [3.63, 3.8) is 0 Å². The van der Waals surface area contributed by atoms with Crippen molar-refractivity contribution in [1.82, 2.24) is 0 Å². The molecular formula is C27H22N2O3. The van der Waals surface area contributed by atoms with E-state index in [0.29, 0.717) is 22.8 Å². The second-order valence-corrected chi connectivity index (χ2v) is 7.61. The molecule has 0 saturated heterocycles. The second-order valence-electron chi connectivity index (χ2n) is 7.61. The summed E-state index contributed by atoms with van der Waals surface area (Å²) in [6.07, 6.45) is 3.69. The smallest absolute Gasteiger partial charge is 0.281 e. The van der Waals surface area contributed by atoms with Crippen LogP contribution in [0.1, 0.15) is 18.1 Å². The van der Waals surface area contributed by atoms with Crippen molar-refractivity contribution in [3.8, 4) is 11.5 Å². The molecule has 158 valence electrons. The molecule has 3 aromatic rings. The average Bonchev–Trinajstić information content (AvgIpc) is 3.16. The van der Waals surface area contributed by atoms with Crippen LogP contribution in [0.15, 0.2) is 101 Å². The summed E-state index contributed by atoms with van der Waals surface area (Å²) < 4.78 is 11.6. The molecule has 0 spiro atoms. The molecule has 2 heterocycles.